The van der Waals surface area contributed by atoms with Gasteiger partial charge in [-0.25, -0.2) is 22.1 Å². The molecule has 5 rings (SSSR count). The molecule has 0 saturated carbocycles. The van der Waals surface area contributed by atoms with Crippen LogP contribution >= 0.6 is 22.9 Å². The van der Waals surface area contributed by atoms with Gasteiger partial charge in [0.15, 0.2) is 5.58 Å². The van der Waals surface area contributed by atoms with Gasteiger partial charge in [0.1, 0.15) is 5.51 Å². The van der Waals surface area contributed by atoms with Crippen LogP contribution in [0.1, 0.15) is 16.7 Å². The Labute approximate surface area is 210 Å². The molecular formula is C24H19ClN4O4S2. The monoisotopic (exact) mass is 526 g/mol. The Morgan fingerprint density at radius 3 is 2.63 bits per heavy atom. The fraction of sp³-hybridized carbons (Fsp3) is 0.125. The number of nitrogens with zero attached hydrogens (tertiary/aromatic N) is 4. The van der Waals surface area contributed by atoms with Gasteiger partial charge in [0.2, 0.25) is 5.13 Å². The summed E-state index contributed by atoms with van der Waals surface area (Å²) in [6.45, 7) is 4.00. The maximum absolute atomic E-state index is 13.8. The molecule has 0 spiro atoms. The Hall–Kier alpha value is -3.47. The Morgan fingerprint density at radius 1 is 1.09 bits per heavy atom. The second kappa shape index (κ2) is 8.95. The minimum Gasteiger partial charge on any atom is -0.407 e. The molecule has 0 N–H and O–H groups in total. The third-order valence-electron chi connectivity index (χ3n) is 5.58. The zero-order chi connectivity index (χ0) is 24.7. The van der Waals surface area contributed by atoms with Crippen molar-refractivity contribution in [3.05, 3.63) is 98.4 Å². The molecule has 0 amide bonds. The van der Waals surface area contributed by atoms with Crippen molar-refractivity contribution < 1.29 is 12.8 Å². The van der Waals surface area contributed by atoms with E-state index in [0.717, 1.165) is 28.0 Å². The number of anilines is 1. The van der Waals surface area contributed by atoms with Crippen LogP contribution in [0.15, 0.2) is 80.3 Å². The van der Waals surface area contributed by atoms with Crippen LogP contribution in [0.2, 0.25) is 5.02 Å². The second-order valence-electron chi connectivity index (χ2n) is 7.98. The predicted molar refractivity (Wildman–Crippen MR) is 136 cm³/mol. The molecule has 0 radical (unpaired) electrons. The average molecular weight is 527 g/mol. The number of hydrogen-bond donors (Lipinski definition) is 0. The van der Waals surface area contributed by atoms with Crippen LogP contribution < -0.4 is 10.1 Å². The predicted octanol–water partition coefficient (Wildman–Crippen LogP) is 5.10. The van der Waals surface area contributed by atoms with Crippen molar-refractivity contribution in [2.24, 2.45) is 0 Å². The van der Waals surface area contributed by atoms with Gasteiger partial charge >= 0.3 is 5.76 Å². The number of benzene rings is 3. The van der Waals surface area contributed by atoms with E-state index in [9.17, 15) is 13.2 Å². The molecule has 0 aliphatic heterocycles. The molecule has 5 aromatic rings. The summed E-state index contributed by atoms with van der Waals surface area (Å²) < 4.78 is 35.5. The summed E-state index contributed by atoms with van der Waals surface area (Å²) in [5.41, 5.74) is 5.45. The molecule has 178 valence electrons. The van der Waals surface area contributed by atoms with Crippen LogP contribution in [-0.4, -0.2) is 23.2 Å². The summed E-state index contributed by atoms with van der Waals surface area (Å²) in [6, 6.07) is 16.9. The van der Waals surface area contributed by atoms with Crippen LogP contribution in [0, 0.1) is 13.8 Å². The molecule has 2 aromatic heterocycles. The minimum absolute atomic E-state index is 0.0306. The zero-order valence-corrected chi connectivity index (χ0v) is 21.1. The van der Waals surface area contributed by atoms with E-state index >= 15 is 0 Å². The first-order chi connectivity index (χ1) is 16.7. The highest BCUT2D eigenvalue weighted by Gasteiger charge is 2.29. The molecule has 11 heteroatoms. The molecule has 0 bridgehead atoms. The molecule has 0 saturated heterocycles. The number of hydrogen-bond acceptors (Lipinski definition) is 7. The van der Waals surface area contributed by atoms with Gasteiger partial charge in [0.25, 0.3) is 10.0 Å². The lowest BCUT2D eigenvalue weighted by Gasteiger charge is -2.22. The Kier molecular flexibility index (Phi) is 5.96. The van der Waals surface area contributed by atoms with Crippen molar-refractivity contribution >= 4 is 49.2 Å². The maximum Gasteiger partial charge on any atom is 0.424 e. The van der Waals surface area contributed by atoms with Crippen LogP contribution in [0.25, 0.3) is 16.8 Å². The first-order valence-corrected chi connectivity index (χ1v) is 13.2. The summed E-state index contributed by atoms with van der Waals surface area (Å²) in [6.07, 6.45) is 0. The van der Waals surface area contributed by atoms with E-state index in [-0.39, 0.29) is 22.2 Å². The van der Waals surface area contributed by atoms with Gasteiger partial charge in [0.05, 0.1) is 22.6 Å². The van der Waals surface area contributed by atoms with Gasteiger partial charge in [-0.05, 0) is 55.3 Å². The quantitative estimate of drug-likeness (QED) is 0.305. The topological polar surface area (TPSA) is 98.3 Å². The summed E-state index contributed by atoms with van der Waals surface area (Å²) in [7, 11) is -4.07. The molecule has 0 fully saturated rings. The normalized spacial score (nSPS) is 11.7. The van der Waals surface area contributed by atoms with Crippen LogP contribution in [0.4, 0.5) is 5.13 Å². The molecule has 35 heavy (non-hydrogen) atoms. The van der Waals surface area contributed by atoms with E-state index in [1.807, 2.05) is 32.0 Å². The number of rotatable bonds is 6. The average Bonchev–Trinajstić information content (AvgIpc) is 3.45. The maximum atomic E-state index is 13.8. The lowest BCUT2D eigenvalue weighted by molar-refractivity contribution is 0.539. The highest BCUT2D eigenvalue weighted by molar-refractivity contribution is 7.93. The van der Waals surface area contributed by atoms with Gasteiger partial charge in [-0.15, -0.1) is 10.2 Å². The van der Waals surface area contributed by atoms with Gasteiger partial charge in [-0.2, -0.15) is 0 Å². The molecule has 2 heterocycles. The summed E-state index contributed by atoms with van der Waals surface area (Å²) >= 11 is 7.20. The van der Waals surface area contributed by atoms with Crippen LogP contribution in [0.3, 0.4) is 0 Å². The summed E-state index contributed by atoms with van der Waals surface area (Å²) in [5, 5.41) is 8.53. The fourth-order valence-corrected chi connectivity index (χ4v) is 6.23. The van der Waals surface area contributed by atoms with Crippen LogP contribution in [-0.2, 0) is 16.6 Å². The van der Waals surface area contributed by atoms with Gasteiger partial charge in [-0.1, -0.05) is 52.8 Å². The number of aryl methyl sites for hydroxylation is 2. The van der Waals surface area contributed by atoms with E-state index in [1.54, 1.807) is 30.3 Å². The van der Waals surface area contributed by atoms with Crippen molar-refractivity contribution in [1.29, 1.82) is 0 Å². The Morgan fingerprint density at radius 2 is 1.91 bits per heavy atom. The van der Waals surface area contributed by atoms with Crippen molar-refractivity contribution in [1.82, 2.24) is 14.8 Å². The van der Waals surface area contributed by atoms with E-state index in [0.29, 0.717) is 16.2 Å². The van der Waals surface area contributed by atoms with Crippen molar-refractivity contribution in [2.75, 3.05) is 4.31 Å². The lowest BCUT2D eigenvalue weighted by atomic mass is 10.1. The molecule has 8 nitrogen and oxygen atoms in total. The van der Waals surface area contributed by atoms with E-state index < -0.39 is 15.8 Å². The third kappa shape index (κ3) is 4.36. The highest BCUT2D eigenvalue weighted by Crippen LogP contribution is 2.30. The zero-order valence-electron chi connectivity index (χ0n) is 18.7. The first-order valence-electron chi connectivity index (χ1n) is 10.5. The Bertz CT molecular complexity index is 1710. The number of sulfonamides is 1. The standard InChI is InChI=1S/C24H19ClN4O4S2/c1-15-6-7-17(16(2)10-15)13-28(23-27-26-14-34-23)35(31,32)20-8-9-21-22(12-20)33-24(30)29(21)19-5-3-4-18(25)11-19/h3-12,14H,13H2,1-2H3. The smallest absolute Gasteiger partial charge is 0.407 e. The molecule has 3 aromatic carbocycles. The van der Waals surface area contributed by atoms with Crippen molar-refractivity contribution in [3.63, 3.8) is 0 Å². The van der Waals surface area contributed by atoms with E-state index in [4.69, 9.17) is 16.0 Å². The van der Waals surface area contributed by atoms with Crippen LogP contribution in [0.5, 0.6) is 0 Å². The first kappa shape index (κ1) is 23.3. The highest BCUT2D eigenvalue weighted by atomic mass is 35.5. The second-order valence-corrected chi connectivity index (χ2v) is 11.1. The molecular weight excluding hydrogens is 508 g/mol. The molecule has 0 aliphatic rings. The SMILES string of the molecule is Cc1ccc(CN(c2nncs2)S(=O)(=O)c2ccc3c(c2)oc(=O)n3-c2cccc(Cl)c2)c(C)c1. The number of aromatic nitrogens is 3. The number of oxazole rings is 1. The van der Waals surface area contributed by atoms with E-state index in [2.05, 4.69) is 10.2 Å². The Balaban J connectivity index is 1.60. The largest absolute Gasteiger partial charge is 0.424 e. The van der Waals surface area contributed by atoms with Gasteiger partial charge in [0, 0.05) is 11.1 Å². The molecule has 0 aliphatic carbocycles. The molecule has 0 atom stereocenters. The van der Waals surface area contributed by atoms with Gasteiger partial charge < -0.3 is 4.42 Å². The molecule has 0 unspecified atom stereocenters. The van der Waals surface area contributed by atoms with Gasteiger partial charge in [-0.3, -0.25) is 0 Å². The van der Waals surface area contributed by atoms with Crippen molar-refractivity contribution in [3.8, 4) is 5.69 Å². The third-order valence-corrected chi connectivity index (χ3v) is 8.38. The minimum atomic E-state index is -4.07. The fourth-order valence-electron chi connectivity index (χ4n) is 3.86. The summed E-state index contributed by atoms with van der Waals surface area (Å²) in [4.78, 5) is 12.6. The van der Waals surface area contributed by atoms with Crippen molar-refractivity contribution in [2.45, 2.75) is 25.3 Å². The number of fused-ring (bicyclic) bond motifs is 1. The van der Waals surface area contributed by atoms with E-state index in [1.165, 1.54) is 26.5 Å². The summed E-state index contributed by atoms with van der Waals surface area (Å²) in [5.74, 6) is -0.645. The number of halogens is 1. The lowest BCUT2D eigenvalue weighted by Crippen LogP contribution is -2.31.